The van der Waals surface area contributed by atoms with Crippen molar-refractivity contribution in [3.05, 3.63) is 120 Å². The van der Waals surface area contributed by atoms with Gasteiger partial charge in [-0.2, -0.15) is 4.31 Å². The van der Waals surface area contributed by atoms with E-state index in [1.54, 1.807) is 30.3 Å². The van der Waals surface area contributed by atoms with Crippen molar-refractivity contribution in [2.24, 2.45) is 0 Å². The number of carbonyl (C=O) groups excluding carboxylic acids is 2. The molecule has 0 radical (unpaired) electrons. The van der Waals surface area contributed by atoms with Crippen molar-refractivity contribution < 1.29 is 26.4 Å². The van der Waals surface area contributed by atoms with Crippen LogP contribution in [0.2, 0.25) is 0 Å². The summed E-state index contributed by atoms with van der Waals surface area (Å²) >= 11 is 1.17. The molecule has 11 heteroatoms. The molecule has 0 unspecified atom stereocenters. The molecule has 2 amide bonds. The zero-order valence-electron chi connectivity index (χ0n) is 22.4. The molecule has 4 aromatic rings. The number of benzene rings is 4. The highest BCUT2D eigenvalue weighted by atomic mass is 32.2. The third-order valence-corrected chi connectivity index (χ3v) is 10.3. The monoisotopic (exact) mass is 618 g/mol. The molecule has 0 aromatic heterocycles. The Kier molecular flexibility index (Phi) is 8.35. The van der Waals surface area contributed by atoms with Gasteiger partial charge in [-0.15, -0.1) is 0 Å². The predicted octanol–water partition coefficient (Wildman–Crippen LogP) is 5.75. The summed E-state index contributed by atoms with van der Waals surface area (Å²) in [7, 11) is -7.65. The van der Waals surface area contributed by atoms with E-state index in [0.29, 0.717) is 21.1 Å². The van der Waals surface area contributed by atoms with Gasteiger partial charge in [0.25, 0.3) is 21.8 Å². The third kappa shape index (κ3) is 6.48. The minimum absolute atomic E-state index is 0.0826. The summed E-state index contributed by atoms with van der Waals surface area (Å²) in [4.78, 5) is 27.3. The highest BCUT2D eigenvalue weighted by Gasteiger charge is 2.34. The lowest BCUT2D eigenvalue weighted by Gasteiger charge is -2.22. The molecule has 0 saturated heterocycles. The van der Waals surface area contributed by atoms with E-state index in [-0.39, 0.29) is 28.7 Å². The zero-order valence-corrected chi connectivity index (χ0v) is 24.9. The van der Waals surface area contributed by atoms with Gasteiger partial charge in [-0.25, -0.2) is 16.8 Å². The fourth-order valence-electron chi connectivity index (χ4n) is 4.42. The Morgan fingerprint density at radius 3 is 2.17 bits per heavy atom. The Morgan fingerprint density at radius 2 is 1.45 bits per heavy atom. The van der Waals surface area contributed by atoms with Crippen molar-refractivity contribution >= 4 is 54.8 Å². The summed E-state index contributed by atoms with van der Waals surface area (Å²) in [5.74, 6) is -1.33. The molecule has 5 rings (SSSR count). The number of hydrogen-bond acceptors (Lipinski definition) is 7. The Morgan fingerprint density at radius 1 is 0.810 bits per heavy atom. The maximum Gasteiger partial charge on any atom is 0.271 e. The van der Waals surface area contributed by atoms with Crippen molar-refractivity contribution in [1.82, 2.24) is 0 Å². The molecule has 0 saturated carbocycles. The number of amides is 2. The van der Waals surface area contributed by atoms with Crippen LogP contribution >= 0.6 is 11.8 Å². The molecule has 1 heterocycles. The maximum atomic E-state index is 13.8. The van der Waals surface area contributed by atoms with Crippen LogP contribution in [-0.4, -0.2) is 40.7 Å². The van der Waals surface area contributed by atoms with Gasteiger partial charge in [0.1, 0.15) is 9.84 Å². The Balaban J connectivity index is 1.41. The Hall–Kier alpha value is -4.19. The van der Waals surface area contributed by atoms with Crippen molar-refractivity contribution in [2.75, 3.05) is 21.6 Å². The lowest BCUT2D eigenvalue weighted by atomic mass is 9.99. The number of rotatable bonds is 8. The molecule has 4 aromatic carbocycles. The van der Waals surface area contributed by atoms with Crippen LogP contribution in [0.15, 0.2) is 124 Å². The van der Waals surface area contributed by atoms with Gasteiger partial charge in [0.2, 0.25) is 0 Å². The lowest BCUT2D eigenvalue weighted by molar-refractivity contribution is -0.113. The molecule has 42 heavy (non-hydrogen) atoms. The van der Waals surface area contributed by atoms with Gasteiger partial charge < -0.3 is 5.32 Å². The molecule has 214 valence electrons. The number of hydrogen-bond donors (Lipinski definition) is 1. The van der Waals surface area contributed by atoms with Gasteiger partial charge in [0.15, 0.2) is 0 Å². The smallest absolute Gasteiger partial charge is 0.271 e. The fraction of sp³-hybridized carbons (Fsp3) is 0.0968. The molecule has 0 spiro atoms. The summed E-state index contributed by atoms with van der Waals surface area (Å²) in [5, 5.41) is 2.82. The second-order valence-corrected chi connectivity index (χ2v) is 14.8. The molecule has 0 fully saturated rings. The summed E-state index contributed by atoms with van der Waals surface area (Å²) in [6.07, 6.45) is 2.36. The van der Waals surface area contributed by atoms with Crippen LogP contribution in [0.25, 0.3) is 11.1 Å². The quantitative estimate of drug-likeness (QED) is 0.267. The second kappa shape index (κ2) is 12.0. The molecule has 1 N–H and O–H groups in total. The zero-order chi connectivity index (χ0) is 29.9. The van der Waals surface area contributed by atoms with E-state index >= 15 is 0 Å². The topological polar surface area (TPSA) is 118 Å². The van der Waals surface area contributed by atoms with Gasteiger partial charge >= 0.3 is 0 Å². The van der Waals surface area contributed by atoms with Gasteiger partial charge in [-0.1, -0.05) is 72.4 Å². The molecule has 8 nitrogen and oxygen atoms in total. The average molecular weight is 619 g/mol. The highest BCUT2D eigenvalue weighted by Crippen LogP contribution is 2.41. The van der Waals surface area contributed by atoms with Gasteiger partial charge in [-0.05, 0) is 64.9 Å². The van der Waals surface area contributed by atoms with Crippen LogP contribution in [0.3, 0.4) is 0 Å². The molecule has 1 aliphatic heterocycles. The number of thioether (sulfide) groups is 1. The number of fused-ring (bicyclic) bond motifs is 1. The van der Waals surface area contributed by atoms with Crippen LogP contribution < -0.4 is 9.62 Å². The molecule has 0 aliphatic carbocycles. The maximum absolute atomic E-state index is 13.8. The normalized spacial score (nSPS) is 13.6. The number of para-hydroxylation sites is 1. The van der Waals surface area contributed by atoms with E-state index in [0.717, 1.165) is 21.7 Å². The number of carbonyl (C=O) groups is 2. The highest BCUT2D eigenvalue weighted by molar-refractivity contribution is 8.03. The number of nitrogens with one attached hydrogen (secondary N) is 1. The van der Waals surface area contributed by atoms with Crippen molar-refractivity contribution in [2.45, 2.75) is 16.2 Å². The van der Waals surface area contributed by atoms with E-state index in [4.69, 9.17) is 0 Å². The molecular weight excluding hydrogens is 593 g/mol. The van der Waals surface area contributed by atoms with Crippen LogP contribution in [0.5, 0.6) is 0 Å². The first-order chi connectivity index (χ1) is 20.0. The van der Waals surface area contributed by atoms with Crippen molar-refractivity contribution in [3.8, 4) is 11.1 Å². The largest absolute Gasteiger partial charge is 0.322 e. The molecular formula is C31H26N2O6S3. The van der Waals surface area contributed by atoms with E-state index in [9.17, 15) is 26.4 Å². The SMILES string of the molecule is CS(=O)(=O)CCC1=CC(=O)N(S(=O)(=O)c2ccc(NC(=O)c3ccccc3-c3ccccc3)cc2)c2ccccc2S1. The average Bonchev–Trinajstić information content (AvgIpc) is 3.12. The van der Waals surface area contributed by atoms with Gasteiger partial charge in [0, 0.05) is 28.5 Å². The standard InChI is InChI=1S/C31H26N2O6S3/c1-41(36,37)20-19-24-21-30(34)33(28-13-7-8-14-29(28)40-24)42(38,39)25-17-15-23(16-18-25)32-31(35)27-12-6-5-11-26(27)22-9-3-2-4-10-22/h2-18,21H,19-20H2,1H3,(H,32,35). The third-order valence-electron chi connectivity index (χ3n) is 6.44. The second-order valence-electron chi connectivity index (χ2n) is 9.56. The first kappa shape index (κ1) is 29.3. The lowest BCUT2D eigenvalue weighted by Crippen LogP contribution is -2.35. The van der Waals surface area contributed by atoms with Gasteiger partial charge in [-0.3, -0.25) is 9.59 Å². The van der Waals surface area contributed by atoms with E-state index in [1.165, 1.54) is 48.2 Å². The number of sulfonamides is 1. The Bertz CT molecular complexity index is 1900. The first-order valence-corrected chi connectivity index (χ1v) is 17.1. The van der Waals surface area contributed by atoms with Crippen molar-refractivity contribution in [3.63, 3.8) is 0 Å². The van der Waals surface area contributed by atoms with E-state index in [1.807, 2.05) is 42.5 Å². The van der Waals surface area contributed by atoms with Crippen LogP contribution in [-0.2, 0) is 24.7 Å². The van der Waals surface area contributed by atoms with E-state index < -0.39 is 25.8 Å². The van der Waals surface area contributed by atoms with Crippen LogP contribution in [0.4, 0.5) is 11.4 Å². The first-order valence-electron chi connectivity index (χ1n) is 12.8. The van der Waals surface area contributed by atoms with Crippen molar-refractivity contribution in [1.29, 1.82) is 0 Å². The predicted molar refractivity (Wildman–Crippen MR) is 166 cm³/mol. The number of sulfone groups is 1. The number of nitrogens with zero attached hydrogens (tertiary/aromatic N) is 1. The van der Waals surface area contributed by atoms with Crippen LogP contribution in [0, 0.1) is 0 Å². The number of allylic oxidation sites excluding steroid dienone is 1. The van der Waals surface area contributed by atoms with E-state index in [2.05, 4.69) is 5.32 Å². The summed E-state index contributed by atoms with van der Waals surface area (Å²) in [6.45, 7) is 0. The Labute approximate surface area is 249 Å². The molecule has 0 atom stereocenters. The minimum atomic E-state index is -4.36. The molecule has 1 aliphatic rings. The number of anilines is 2. The van der Waals surface area contributed by atoms with Crippen LogP contribution in [0.1, 0.15) is 16.8 Å². The summed E-state index contributed by atoms with van der Waals surface area (Å²) in [6, 6.07) is 28.8. The summed E-state index contributed by atoms with van der Waals surface area (Å²) in [5.41, 5.74) is 2.66. The van der Waals surface area contributed by atoms with Gasteiger partial charge in [0.05, 0.1) is 16.3 Å². The minimum Gasteiger partial charge on any atom is -0.322 e. The summed E-state index contributed by atoms with van der Waals surface area (Å²) < 4.78 is 51.7. The fourth-order valence-corrected chi connectivity index (χ4v) is 7.65. The molecule has 0 bridgehead atoms.